The number of carbonyl (C=O) groups is 1. The zero-order valence-corrected chi connectivity index (χ0v) is 15.0. The van der Waals surface area contributed by atoms with Crippen LogP contribution in [0, 0.1) is 0 Å². The highest BCUT2D eigenvalue weighted by atomic mass is 35.5. The fourth-order valence-corrected chi connectivity index (χ4v) is 2.56. The predicted molar refractivity (Wildman–Crippen MR) is 100 cm³/mol. The van der Waals surface area contributed by atoms with E-state index in [2.05, 4.69) is 4.98 Å². The van der Waals surface area contributed by atoms with E-state index >= 15 is 0 Å². The minimum Gasteiger partial charge on any atom is -0.505 e. The van der Waals surface area contributed by atoms with Crippen LogP contribution in [0.3, 0.4) is 0 Å². The number of benzene rings is 2. The number of hydrogen-bond donors (Lipinski definition) is 1. The molecule has 0 atom stereocenters. The molecule has 0 spiro atoms. The number of unbranched alkanes of at least 4 members (excludes halogenated alkanes) is 1. The van der Waals surface area contributed by atoms with Crippen molar-refractivity contribution in [1.82, 2.24) is 4.98 Å². The van der Waals surface area contributed by atoms with Crippen LogP contribution < -0.4 is 4.74 Å². The van der Waals surface area contributed by atoms with Gasteiger partial charge in [0.1, 0.15) is 5.75 Å². The summed E-state index contributed by atoms with van der Waals surface area (Å²) in [7, 11) is 0. The highest BCUT2D eigenvalue weighted by molar-refractivity contribution is 6.30. The van der Waals surface area contributed by atoms with E-state index in [-0.39, 0.29) is 23.9 Å². The third-order valence-electron chi connectivity index (χ3n) is 3.80. The smallest absolute Gasteiger partial charge is 0.360 e. The molecule has 3 aromatic rings. The van der Waals surface area contributed by atoms with E-state index < -0.39 is 5.97 Å². The summed E-state index contributed by atoms with van der Waals surface area (Å²) in [5.74, 6) is -0.167. The summed E-state index contributed by atoms with van der Waals surface area (Å²) in [4.78, 5) is 16.5. The minimum atomic E-state index is -0.678. The lowest BCUT2D eigenvalue weighted by molar-refractivity contribution is 0.0489. The van der Waals surface area contributed by atoms with Crippen molar-refractivity contribution in [2.75, 3.05) is 6.61 Å². The molecule has 6 heteroatoms. The summed E-state index contributed by atoms with van der Waals surface area (Å²) in [5, 5.41) is 12.1. The van der Waals surface area contributed by atoms with Gasteiger partial charge in [0, 0.05) is 15.8 Å². The Morgan fingerprint density at radius 3 is 2.50 bits per heavy atom. The van der Waals surface area contributed by atoms with Crippen LogP contribution in [0.1, 0.15) is 30.3 Å². The lowest BCUT2D eigenvalue weighted by atomic mass is 10.1. The lowest BCUT2D eigenvalue weighted by Gasteiger charge is -2.12. The largest absolute Gasteiger partial charge is 0.505 e. The van der Waals surface area contributed by atoms with Crippen LogP contribution in [-0.2, 0) is 4.74 Å². The molecule has 0 saturated carbocycles. The maximum absolute atomic E-state index is 12.3. The van der Waals surface area contributed by atoms with Gasteiger partial charge in [0.15, 0.2) is 11.4 Å². The molecule has 0 radical (unpaired) electrons. The van der Waals surface area contributed by atoms with Crippen LogP contribution in [0.2, 0.25) is 5.02 Å². The average molecular weight is 372 g/mol. The van der Waals surface area contributed by atoms with Crippen molar-refractivity contribution < 1.29 is 19.4 Å². The number of fused-ring (bicyclic) bond motifs is 1. The Morgan fingerprint density at radius 2 is 1.81 bits per heavy atom. The number of pyridine rings is 1. The first-order valence-electron chi connectivity index (χ1n) is 8.32. The molecule has 0 unspecified atom stereocenters. The zero-order chi connectivity index (χ0) is 18.5. The predicted octanol–water partition coefficient (Wildman–Crippen LogP) is 5.34. The molecule has 0 aliphatic carbocycles. The van der Waals surface area contributed by atoms with Crippen molar-refractivity contribution >= 4 is 28.3 Å². The molecule has 0 aliphatic heterocycles. The summed E-state index contributed by atoms with van der Waals surface area (Å²) in [6.45, 7) is 2.27. The van der Waals surface area contributed by atoms with Gasteiger partial charge in [-0.05, 0) is 36.8 Å². The molecule has 1 N–H and O–H groups in total. The van der Waals surface area contributed by atoms with Gasteiger partial charge in [0.05, 0.1) is 6.61 Å². The van der Waals surface area contributed by atoms with E-state index in [0.717, 1.165) is 12.8 Å². The molecule has 134 valence electrons. The normalized spacial score (nSPS) is 10.7. The van der Waals surface area contributed by atoms with E-state index in [1.54, 1.807) is 48.5 Å². The third-order valence-corrected chi connectivity index (χ3v) is 4.05. The highest BCUT2D eigenvalue weighted by Crippen LogP contribution is 2.35. The van der Waals surface area contributed by atoms with Crippen molar-refractivity contribution in [1.29, 1.82) is 0 Å². The van der Waals surface area contributed by atoms with Crippen LogP contribution in [0.15, 0.2) is 48.5 Å². The Kier molecular flexibility index (Phi) is 5.58. The van der Waals surface area contributed by atoms with Crippen molar-refractivity contribution in [3.63, 3.8) is 0 Å². The minimum absolute atomic E-state index is 0.163. The van der Waals surface area contributed by atoms with Crippen LogP contribution in [0.5, 0.6) is 17.4 Å². The molecule has 0 saturated heterocycles. The summed E-state index contributed by atoms with van der Waals surface area (Å²) in [5.41, 5.74) is -0.163. The summed E-state index contributed by atoms with van der Waals surface area (Å²) in [6, 6.07) is 13.8. The molecule has 5 nitrogen and oxygen atoms in total. The number of nitrogens with zero attached hydrogens (tertiary/aromatic N) is 1. The van der Waals surface area contributed by atoms with E-state index in [9.17, 15) is 9.90 Å². The van der Waals surface area contributed by atoms with E-state index in [1.807, 2.05) is 6.92 Å². The molecule has 1 heterocycles. The second kappa shape index (κ2) is 8.06. The number of aromatic hydroxyl groups is 1. The Bertz CT molecular complexity index is 925. The number of rotatable bonds is 6. The maximum atomic E-state index is 12.3. The first kappa shape index (κ1) is 18.0. The maximum Gasteiger partial charge on any atom is 0.360 e. The van der Waals surface area contributed by atoms with Crippen molar-refractivity contribution in [3.05, 3.63) is 59.2 Å². The van der Waals surface area contributed by atoms with Gasteiger partial charge >= 0.3 is 5.97 Å². The SMILES string of the molecule is CCCCOC(=O)c1nc(Oc2ccc(Cl)cc2)c2ccccc2c1O. The first-order chi connectivity index (χ1) is 12.6. The van der Waals surface area contributed by atoms with Crippen molar-refractivity contribution in [2.45, 2.75) is 19.8 Å². The molecular formula is C20H18ClNO4. The second-order valence-electron chi connectivity index (χ2n) is 5.71. The summed E-state index contributed by atoms with van der Waals surface area (Å²) < 4.78 is 11.0. The molecule has 1 aromatic heterocycles. The average Bonchev–Trinajstić information content (AvgIpc) is 2.66. The molecule has 0 bridgehead atoms. The van der Waals surface area contributed by atoms with Crippen LogP contribution in [-0.4, -0.2) is 22.7 Å². The first-order valence-corrected chi connectivity index (χ1v) is 8.70. The molecular weight excluding hydrogens is 354 g/mol. The van der Waals surface area contributed by atoms with E-state index in [4.69, 9.17) is 21.1 Å². The molecule has 0 amide bonds. The Balaban J connectivity index is 2.02. The fraction of sp³-hybridized carbons (Fsp3) is 0.200. The van der Waals surface area contributed by atoms with Crippen molar-refractivity contribution in [3.8, 4) is 17.4 Å². The number of aromatic nitrogens is 1. The van der Waals surface area contributed by atoms with Gasteiger partial charge in [-0.15, -0.1) is 0 Å². The van der Waals surface area contributed by atoms with E-state index in [1.165, 1.54) is 0 Å². The molecule has 3 rings (SSSR count). The molecule has 2 aromatic carbocycles. The third kappa shape index (κ3) is 3.89. The van der Waals surface area contributed by atoms with Gasteiger partial charge in [-0.25, -0.2) is 9.78 Å². The van der Waals surface area contributed by atoms with Crippen LogP contribution in [0.4, 0.5) is 0 Å². The highest BCUT2D eigenvalue weighted by Gasteiger charge is 2.21. The van der Waals surface area contributed by atoms with Gasteiger partial charge in [-0.3, -0.25) is 0 Å². The number of hydrogen-bond acceptors (Lipinski definition) is 5. The monoisotopic (exact) mass is 371 g/mol. The van der Waals surface area contributed by atoms with Crippen LogP contribution >= 0.6 is 11.6 Å². The molecule has 0 aliphatic rings. The van der Waals surface area contributed by atoms with Gasteiger partial charge in [-0.1, -0.05) is 43.1 Å². The van der Waals surface area contributed by atoms with Gasteiger partial charge < -0.3 is 14.6 Å². The second-order valence-corrected chi connectivity index (χ2v) is 6.14. The Labute approximate surface area is 156 Å². The number of carbonyl (C=O) groups excluding carboxylic acids is 1. The summed E-state index contributed by atoms with van der Waals surface area (Å²) >= 11 is 5.89. The van der Waals surface area contributed by atoms with Gasteiger partial charge in [0.25, 0.3) is 0 Å². The standard InChI is InChI=1S/C20H18ClNO4/c1-2-3-12-25-20(24)17-18(23)15-6-4-5-7-16(15)19(22-17)26-14-10-8-13(21)9-11-14/h4-11,23H,2-3,12H2,1H3. The Hall–Kier alpha value is -2.79. The van der Waals surface area contributed by atoms with Gasteiger partial charge in [-0.2, -0.15) is 0 Å². The number of halogens is 1. The topological polar surface area (TPSA) is 68.7 Å². The van der Waals surface area contributed by atoms with Crippen molar-refractivity contribution in [2.24, 2.45) is 0 Å². The van der Waals surface area contributed by atoms with Crippen LogP contribution in [0.25, 0.3) is 10.8 Å². The number of ether oxygens (including phenoxy) is 2. The quantitative estimate of drug-likeness (QED) is 0.467. The van der Waals surface area contributed by atoms with Gasteiger partial charge in [0.2, 0.25) is 5.88 Å². The molecule has 0 fully saturated rings. The number of esters is 1. The summed E-state index contributed by atoms with van der Waals surface area (Å²) in [6.07, 6.45) is 1.64. The lowest BCUT2D eigenvalue weighted by Crippen LogP contribution is -2.10. The fourth-order valence-electron chi connectivity index (χ4n) is 2.43. The molecule has 26 heavy (non-hydrogen) atoms. The zero-order valence-electron chi connectivity index (χ0n) is 14.2. The van der Waals surface area contributed by atoms with E-state index in [0.29, 0.717) is 21.5 Å². The Morgan fingerprint density at radius 1 is 1.12 bits per heavy atom.